The number of hydrogen-bond donors (Lipinski definition) is 0. The average molecular weight is 373 g/mol. The van der Waals surface area contributed by atoms with Gasteiger partial charge in [0.1, 0.15) is 12.4 Å². The normalized spacial score (nSPS) is 10.6. The van der Waals surface area contributed by atoms with Crippen molar-refractivity contribution in [1.29, 1.82) is 0 Å². The van der Waals surface area contributed by atoms with Crippen molar-refractivity contribution in [1.82, 2.24) is 0 Å². The molecule has 3 aromatic rings. The van der Waals surface area contributed by atoms with E-state index in [1.54, 1.807) is 7.05 Å². The van der Waals surface area contributed by atoms with Gasteiger partial charge in [-0.2, -0.15) is 0 Å². The highest BCUT2D eigenvalue weighted by Crippen LogP contribution is 2.23. The van der Waals surface area contributed by atoms with Crippen molar-refractivity contribution in [2.45, 2.75) is 6.61 Å². The summed E-state index contributed by atoms with van der Waals surface area (Å²) in [4.78, 5) is 13.3. The van der Waals surface area contributed by atoms with Crippen LogP contribution in [0.15, 0.2) is 78.9 Å². The fraction of sp³-hybridized carbons (Fsp3) is 0.125. The largest absolute Gasteiger partial charge is 0.489 e. The second-order valence-electron chi connectivity index (χ2n) is 6.26. The van der Waals surface area contributed by atoms with Crippen LogP contribution in [0.3, 0.4) is 0 Å². The molecule has 0 N–H and O–H groups in total. The van der Waals surface area contributed by atoms with Crippen LogP contribution in [0, 0.1) is 0 Å². The summed E-state index contributed by atoms with van der Waals surface area (Å²) in [5.41, 5.74) is 3.90. The van der Waals surface area contributed by atoms with Gasteiger partial charge in [0.2, 0.25) is 0 Å². The molecule has 0 aromatic heterocycles. The molecule has 3 rings (SSSR count). The van der Waals surface area contributed by atoms with Crippen LogP contribution in [-0.4, -0.2) is 20.3 Å². The minimum absolute atomic E-state index is 0.402. The van der Waals surface area contributed by atoms with Gasteiger partial charge in [0.05, 0.1) is 12.8 Å². The fourth-order valence-corrected chi connectivity index (χ4v) is 2.77. The monoisotopic (exact) mass is 373 g/mol. The maximum Gasteiger partial charge on any atom is 0.413 e. The highest BCUT2D eigenvalue weighted by molar-refractivity contribution is 5.91. The van der Waals surface area contributed by atoms with E-state index in [1.807, 2.05) is 91.0 Å². The lowest BCUT2D eigenvalue weighted by Crippen LogP contribution is -2.26. The van der Waals surface area contributed by atoms with Crippen molar-refractivity contribution in [2.24, 2.45) is 0 Å². The zero-order valence-electron chi connectivity index (χ0n) is 16.0. The van der Waals surface area contributed by atoms with E-state index in [1.165, 1.54) is 12.0 Å². The molecule has 0 unspecified atom stereocenters. The van der Waals surface area contributed by atoms with Gasteiger partial charge in [0.15, 0.2) is 0 Å². The van der Waals surface area contributed by atoms with Crippen molar-refractivity contribution >= 4 is 23.9 Å². The summed E-state index contributed by atoms with van der Waals surface area (Å²) in [7, 11) is 3.07. The van der Waals surface area contributed by atoms with Gasteiger partial charge in [-0.1, -0.05) is 72.8 Å². The van der Waals surface area contributed by atoms with Crippen LogP contribution >= 0.6 is 0 Å². The summed E-state index contributed by atoms with van der Waals surface area (Å²) < 4.78 is 10.6. The van der Waals surface area contributed by atoms with Crippen molar-refractivity contribution in [3.05, 3.63) is 95.6 Å². The molecule has 4 nitrogen and oxygen atoms in total. The minimum Gasteiger partial charge on any atom is -0.489 e. The number of carbonyl (C=O) groups is 1. The van der Waals surface area contributed by atoms with E-state index in [0.29, 0.717) is 6.61 Å². The summed E-state index contributed by atoms with van der Waals surface area (Å²) in [6, 6.07) is 25.7. The first-order chi connectivity index (χ1) is 13.7. The summed E-state index contributed by atoms with van der Waals surface area (Å²) in [5, 5.41) is 0. The Morgan fingerprint density at radius 1 is 0.893 bits per heavy atom. The molecular formula is C24H23NO3. The minimum atomic E-state index is -0.402. The summed E-state index contributed by atoms with van der Waals surface area (Å²) in [6.07, 6.45) is 3.58. The third-order valence-corrected chi connectivity index (χ3v) is 4.33. The molecule has 0 heterocycles. The lowest BCUT2D eigenvalue weighted by atomic mass is 10.1. The summed E-state index contributed by atoms with van der Waals surface area (Å²) >= 11 is 0. The lowest BCUT2D eigenvalue weighted by molar-refractivity contribution is 0.180. The topological polar surface area (TPSA) is 38.8 Å². The number of methoxy groups -OCH3 is 1. The van der Waals surface area contributed by atoms with Crippen LogP contribution in [0.4, 0.5) is 10.5 Å². The fourth-order valence-electron chi connectivity index (χ4n) is 2.77. The maximum atomic E-state index is 11.8. The number of para-hydroxylation sites is 1. The number of anilines is 1. The molecule has 3 aromatic carbocycles. The van der Waals surface area contributed by atoms with E-state index in [0.717, 1.165) is 28.1 Å². The van der Waals surface area contributed by atoms with Gasteiger partial charge in [0.25, 0.3) is 0 Å². The predicted molar refractivity (Wildman–Crippen MR) is 113 cm³/mol. The van der Waals surface area contributed by atoms with Gasteiger partial charge in [-0.25, -0.2) is 4.79 Å². The first-order valence-electron chi connectivity index (χ1n) is 9.03. The Morgan fingerprint density at radius 3 is 2.29 bits per heavy atom. The summed E-state index contributed by atoms with van der Waals surface area (Å²) in [6.45, 7) is 0.545. The number of amides is 1. The lowest BCUT2D eigenvalue weighted by Gasteiger charge is -2.17. The molecule has 142 valence electrons. The van der Waals surface area contributed by atoms with Crippen molar-refractivity contribution in [2.75, 3.05) is 19.1 Å². The molecule has 0 aliphatic rings. The Kier molecular flexibility index (Phi) is 6.47. The van der Waals surface area contributed by atoms with E-state index in [9.17, 15) is 4.79 Å². The van der Waals surface area contributed by atoms with E-state index in [4.69, 9.17) is 9.47 Å². The van der Waals surface area contributed by atoms with Crippen molar-refractivity contribution < 1.29 is 14.3 Å². The average Bonchev–Trinajstić information content (AvgIpc) is 2.77. The molecule has 0 saturated carbocycles. The molecule has 0 aliphatic heterocycles. The second kappa shape index (κ2) is 9.42. The zero-order chi connectivity index (χ0) is 19.8. The van der Waals surface area contributed by atoms with Gasteiger partial charge in [0, 0.05) is 7.05 Å². The Balaban J connectivity index is 1.67. The standard InChI is InChI=1S/C24H23NO3/c1-25(24(26)27-2)23-11-7-6-10-21(23)15-12-19-13-16-22(17-14-19)28-18-20-8-4-3-5-9-20/h3-17H,18H2,1-2H3. The van der Waals surface area contributed by atoms with E-state index in [2.05, 4.69) is 0 Å². The molecular weight excluding hydrogens is 350 g/mol. The smallest absolute Gasteiger partial charge is 0.413 e. The first-order valence-corrected chi connectivity index (χ1v) is 9.03. The molecule has 1 amide bonds. The van der Waals surface area contributed by atoms with Gasteiger partial charge >= 0.3 is 6.09 Å². The van der Waals surface area contributed by atoms with Gasteiger partial charge in [-0.15, -0.1) is 0 Å². The Hall–Kier alpha value is -3.53. The molecule has 0 bridgehead atoms. The third-order valence-electron chi connectivity index (χ3n) is 4.33. The molecule has 28 heavy (non-hydrogen) atoms. The number of hydrogen-bond acceptors (Lipinski definition) is 3. The predicted octanol–water partition coefficient (Wildman–Crippen LogP) is 5.64. The maximum absolute atomic E-state index is 11.8. The Bertz CT molecular complexity index is 934. The van der Waals surface area contributed by atoms with Crippen LogP contribution < -0.4 is 9.64 Å². The van der Waals surface area contributed by atoms with Crippen molar-refractivity contribution in [3.63, 3.8) is 0 Å². The van der Waals surface area contributed by atoms with Crippen LogP contribution in [0.25, 0.3) is 12.2 Å². The molecule has 0 fully saturated rings. The van der Waals surface area contributed by atoms with E-state index >= 15 is 0 Å². The van der Waals surface area contributed by atoms with Gasteiger partial charge in [-0.3, -0.25) is 4.90 Å². The number of carbonyl (C=O) groups excluding carboxylic acids is 1. The Morgan fingerprint density at radius 2 is 1.57 bits per heavy atom. The van der Waals surface area contributed by atoms with E-state index < -0.39 is 6.09 Å². The molecule has 0 saturated heterocycles. The van der Waals surface area contributed by atoms with Crippen molar-refractivity contribution in [3.8, 4) is 5.75 Å². The third kappa shape index (κ3) is 5.01. The molecule has 0 aliphatic carbocycles. The Labute approximate surface area is 165 Å². The molecule has 0 spiro atoms. The van der Waals surface area contributed by atoms with Gasteiger partial charge < -0.3 is 9.47 Å². The highest BCUT2D eigenvalue weighted by atomic mass is 16.5. The SMILES string of the molecule is COC(=O)N(C)c1ccccc1C=Cc1ccc(OCc2ccccc2)cc1. The zero-order valence-corrected chi connectivity index (χ0v) is 16.0. The van der Waals surface area contributed by atoms with E-state index in [-0.39, 0.29) is 0 Å². The number of benzene rings is 3. The molecule has 4 heteroatoms. The van der Waals surface area contributed by atoms with Crippen LogP contribution in [-0.2, 0) is 11.3 Å². The number of ether oxygens (including phenoxy) is 2. The van der Waals surface area contributed by atoms with Crippen LogP contribution in [0.5, 0.6) is 5.75 Å². The molecule has 0 radical (unpaired) electrons. The van der Waals surface area contributed by atoms with Gasteiger partial charge in [-0.05, 0) is 34.9 Å². The highest BCUT2D eigenvalue weighted by Gasteiger charge is 2.12. The van der Waals surface area contributed by atoms with Crippen LogP contribution in [0.1, 0.15) is 16.7 Å². The van der Waals surface area contributed by atoms with Crippen LogP contribution in [0.2, 0.25) is 0 Å². The number of rotatable bonds is 6. The quantitative estimate of drug-likeness (QED) is 0.525. The number of nitrogens with zero attached hydrogens (tertiary/aromatic N) is 1. The summed E-state index contributed by atoms with van der Waals surface area (Å²) in [5.74, 6) is 0.826. The molecule has 0 atom stereocenters. The second-order valence-corrected chi connectivity index (χ2v) is 6.26. The first kappa shape index (κ1) is 19.2.